The van der Waals surface area contributed by atoms with E-state index in [1.54, 1.807) is 0 Å². The lowest BCUT2D eigenvalue weighted by atomic mass is 10.1. The number of nitrogens with zero attached hydrogens (tertiary/aromatic N) is 2. The molecule has 18 heavy (non-hydrogen) atoms. The van der Waals surface area contributed by atoms with Crippen molar-refractivity contribution in [2.24, 2.45) is 5.73 Å². The van der Waals surface area contributed by atoms with Crippen LogP contribution < -0.4 is 10.6 Å². The summed E-state index contributed by atoms with van der Waals surface area (Å²) in [6.45, 7) is 2.81. The van der Waals surface area contributed by atoms with Gasteiger partial charge in [-0.25, -0.2) is 4.98 Å². The van der Waals surface area contributed by atoms with Crippen LogP contribution in [0.4, 0.5) is 5.82 Å². The van der Waals surface area contributed by atoms with Crippen LogP contribution in [0.15, 0.2) is 48.7 Å². The molecule has 0 aliphatic rings. The zero-order valence-electron chi connectivity index (χ0n) is 10.9. The summed E-state index contributed by atoms with van der Waals surface area (Å²) in [6.07, 6.45) is 1.81. The van der Waals surface area contributed by atoms with Gasteiger partial charge in [0.1, 0.15) is 5.82 Å². The molecule has 0 saturated carbocycles. The van der Waals surface area contributed by atoms with Crippen molar-refractivity contribution in [3.8, 4) is 0 Å². The Bertz CT molecular complexity index is 494. The van der Waals surface area contributed by atoms with Crippen molar-refractivity contribution in [3.05, 3.63) is 59.8 Å². The summed E-state index contributed by atoms with van der Waals surface area (Å²) in [4.78, 5) is 6.57. The molecule has 0 unspecified atom stereocenters. The molecule has 3 heteroatoms. The van der Waals surface area contributed by atoms with Gasteiger partial charge in [0.15, 0.2) is 0 Å². The van der Waals surface area contributed by atoms with E-state index < -0.39 is 0 Å². The van der Waals surface area contributed by atoms with E-state index >= 15 is 0 Å². The van der Waals surface area contributed by atoms with Crippen LogP contribution in [-0.4, -0.2) is 12.0 Å². The monoisotopic (exact) mass is 241 g/mol. The van der Waals surface area contributed by atoms with Gasteiger partial charge in [0.05, 0.1) is 0 Å². The van der Waals surface area contributed by atoms with Gasteiger partial charge in [-0.2, -0.15) is 0 Å². The van der Waals surface area contributed by atoms with Crippen molar-refractivity contribution in [3.63, 3.8) is 0 Å². The molecule has 0 fully saturated rings. The minimum atomic E-state index is -0.00748. The molecule has 1 aromatic heterocycles. The number of pyridine rings is 1. The molecule has 0 spiro atoms. The van der Waals surface area contributed by atoms with E-state index in [4.69, 9.17) is 5.73 Å². The average Bonchev–Trinajstić information content (AvgIpc) is 2.40. The predicted molar refractivity (Wildman–Crippen MR) is 75.4 cm³/mol. The van der Waals surface area contributed by atoms with E-state index in [-0.39, 0.29) is 6.04 Å². The summed E-state index contributed by atoms with van der Waals surface area (Å²) >= 11 is 0. The SMILES string of the molecule is C[C@H](N)c1cccnc1N(C)Cc1ccccc1. The summed E-state index contributed by atoms with van der Waals surface area (Å²) < 4.78 is 0. The molecule has 0 saturated heterocycles. The van der Waals surface area contributed by atoms with Crippen molar-refractivity contribution < 1.29 is 0 Å². The second kappa shape index (κ2) is 5.65. The van der Waals surface area contributed by atoms with E-state index in [0.717, 1.165) is 17.9 Å². The number of hydrogen-bond donors (Lipinski definition) is 1. The van der Waals surface area contributed by atoms with Gasteiger partial charge in [0.2, 0.25) is 0 Å². The molecule has 0 aliphatic heterocycles. The highest BCUT2D eigenvalue weighted by atomic mass is 15.2. The fraction of sp³-hybridized carbons (Fsp3) is 0.267. The number of hydrogen-bond acceptors (Lipinski definition) is 3. The quantitative estimate of drug-likeness (QED) is 0.895. The Morgan fingerprint density at radius 3 is 2.56 bits per heavy atom. The summed E-state index contributed by atoms with van der Waals surface area (Å²) in [6, 6.07) is 14.3. The molecular formula is C15H19N3. The molecule has 0 bridgehead atoms. The third kappa shape index (κ3) is 2.87. The number of anilines is 1. The van der Waals surface area contributed by atoms with Gasteiger partial charge in [-0.05, 0) is 18.6 Å². The van der Waals surface area contributed by atoms with Gasteiger partial charge < -0.3 is 10.6 Å². The molecule has 2 rings (SSSR count). The number of benzene rings is 1. The van der Waals surface area contributed by atoms with E-state index in [9.17, 15) is 0 Å². The van der Waals surface area contributed by atoms with E-state index in [1.165, 1.54) is 5.56 Å². The fourth-order valence-electron chi connectivity index (χ4n) is 2.02. The van der Waals surface area contributed by atoms with Crippen LogP contribution in [0.5, 0.6) is 0 Å². The molecule has 0 amide bonds. The van der Waals surface area contributed by atoms with Crippen molar-refractivity contribution in [2.75, 3.05) is 11.9 Å². The number of nitrogens with two attached hydrogens (primary N) is 1. The van der Waals surface area contributed by atoms with Gasteiger partial charge in [-0.3, -0.25) is 0 Å². The predicted octanol–water partition coefficient (Wildman–Crippen LogP) is 2.74. The summed E-state index contributed by atoms with van der Waals surface area (Å²) in [5.74, 6) is 0.955. The lowest BCUT2D eigenvalue weighted by Crippen LogP contribution is -2.21. The van der Waals surface area contributed by atoms with Crippen LogP contribution in [0.2, 0.25) is 0 Å². The first kappa shape index (κ1) is 12.6. The molecule has 2 aromatic rings. The fourth-order valence-corrected chi connectivity index (χ4v) is 2.02. The summed E-state index contributed by atoms with van der Waals surface area (Å²) in [7, 11) is 2.04. The van der Waals surface area contributed by atoms with Crippen molar-refractivity contribution in [2.45, 2.75) is 19.5 Å². The number of rotatable bonds is 4. The summed E-state index contributed by atoms with van der Waals surface area (Å²) in [5.41, 5.74) is 8.32. The van der Waals surface area contributed by atoms with Crippen LogP contribution >= 0.6 is 0 Å². The first-order valence-electron chi connectivity index (χ1n) is 6.14. The molecule has 0 radical (unpaired) electrons. The molecule has 1 atom stereocenters. The maximum absolute atomic E-state index is 5.98. The average molecular weight is 241 g/mol. The first-order valence-corrected chi connectivity index (χ1v) is 6.14. The van der Waals surface area contributed by atoms with Gasteiger partial charge >= 0.3 is 0 Å². The normalized spacial score (nSPS) is 12.2. The second-order valence-corrected chi connectivity index (χ2v) is 4.55. The zero-order valence-corrected chi connectivity index (χ0v) is 10.9. The largest absolute Gasteiger partial charge is 0.355 e. The minimum absolute atomic E-state index is 0.00748. The Balaban J connectivity index is 2.21. The molecular weight excluding hydrogens is 222 g/mol. The van der Waals surface area contributed by atoms with Crippen LogP contribution in [0.3, 0.4) is 0 Å². The molecule has 1 heterocycles. The molecule has 94 valence electrons. The van der Waals surface area contributed by atoms with Crippen LogP contribution in [-0.2, 0) is 6.54 Å². The summed E-state index contributed by atoms with van der Waals surface area (Å²) in [5, 5.41) is 0. The standard InChI is InChI=1S/C15H19N3/c1-12(16)14-9-6-10-17-15(14)18(2)11-13-7-4-3-5-8-13/h3-10,12H,11,16H2,1-2H3/t12-/m0/s1. The van der Waals surface area contributed by atoms with E-state index in [0.29, 0.717) is 0 Å². The second-order valence-electron chi connectivity index (χ2n) is 4.55. The maximum Gasteiger partial charge on any atom is 0.133 e. The topological polar surface area (TPSA) is 42.1 Å². The van der Waals surface area contributed by atoms with Crippen molar-refractivity contribution >= 4 is 5.82 Å². The molecule has 1 aromatic carbocycles. The van der Waals surface area contributed by atoms with Crippen molar-refractivity contribution in [1.29, 1.82) is 0 Å². The first-order chi connectivity index (χ1) is 8.68. The Labute approximate surface area is 108 Å². The maximum atomic E-state index is 5.98. The third-order valence-corrected chi connectivity index (χ3v) is 2.93. The van der Waals surface area contributed by atoms with E-state index in [1.807, 2.05) is 50.5 Å². The number of aromatic nitrogens is 1. The lowest BCUT2D eigenvalue weighted by molar-refractivity contribution is 0.788. The highest BCUT2D eigenvalue weighted by Crippen LogP contribution is 2.22. The highest BCUT2D eigenvalue weighted by molar-refractivity contribution is 5.48. The Kier molecular flexibility index (Phi) is 3.95. The van der Waals surface area contributed by atoms with Crippen LogP contribution in [0.1, 0.15) is 24.1 Å². The van der Waals surface area contributed by atoms with Gasteiger partial charge in [-0.1, -0.05) is 36.4 Å². The minimum Gasteiger partial charge on any atom is -0.355 e. The lowest BCUT2D eigenvalue weighted by Gasteiger charge is -2.22. The van der Waals surface area contributed by atoms with E-state index in [2.05, 4.69) is 22.0 Å². The van der Waals surface area contributed by atoms with Gasteiger partial charge in [0, 0.05) is 31.4 Å². The van der Waals surface area contributed by atoms with Gasteiger partial charge in [-0.15, -0.1) is 0 Å². The molecule has 0 aliphatic carbocycles. The Hall–Kier alpha value is -1.87. The van der Waals surface area contributed by atoms with Crippen LogP contribution in [0.25, 0.3) is 0 Å². The third-order valence-electron chi connectivity index (χ3n) is 2.93. The Morgan fingerprint density at radius 1 is 1.17 bits per heavy atom. The highest BCUT2D eigenvalue weighted by Gasteiger charge is 2.11. The smallest absolute Gasteiger partial charge is 0.133 e. The van der Waals surface area contributed by atoms with Crippen LogP contribution in [0, 0.1) is 0 Å². The molecule has 2 N–H and O–H groups in total. The van der Waals surface area contributed by atoms with Crippen molar-refractivity contribution in [1.82, 2.24) is 4.98 Å². The van der Waals surface area contributed by atoms with Gasteiger partial charge in [0.25, 0.3) is 0 Å². The Morgan fingerprint density at radius 2 is 1.89 bits per heavy atom. The molecule has 3 nitrogen and oxygen atoms in total. The zero-order chi connectivity index (χ0) is 13.0.